The third kappa shape index (κ3) is 4.43. The summed E-state index contributed by atoms with van der Waals surface area (Å²) in [4.78, 5) is 14.4. The van der Waals surface area contributed by atoms with Gasteiger partial charge < -0.3 is 9.84 Å². The molecule has 0 aromatic rings. The van der Waals surface area contributed by atoms with Crippen molar-refractivity contribution in [1.82, 2.24) is 4.90 Å². The maximum absolute atomic E-state index is 12.0. The number of carbonyl (C=O) groups is 1. The number of rotatable bonds is 8. The van der Waals surface area contributed by atoms with Gasteiger partial charge in [-0.05, 0) is 38.5 Å². The summed E-state index contributed by atoms with van der Waals surface area (Å²) in [5.74, 6) is 0.174. The summed E-state index contributed by atoms with van der Waals surface area (Å²) in [7, 11) is 1.72. The zero-order valence-corrected chi connectivity index (χ0v) is 13.6. The number of hydrogen-bond donors (Lipinski definition) is 1. The summed E-state index contributed by atoms with van der Waals surface area (Å²) in [6.45, 7) is 4.50. The van der Waals surface area contributed by atoms with Gasteiger partial charge in [-0.1, -0.05) is 25.7 Å². The molecule has 122 valence electrons. The van der Waals surface area contributed by atoms with Crippen molar-refractivity contribution in [1.29, 1.82) is 0 Å². The van der Waals surface area contributed by atoms with Crippen molar-refractivity contribution in [2.45, 2.75) is 64.3 Å². The molecule has 1 N–H and O–H groups in total. The van der Waals surface area contributed by atoms with E-state index < -0.39 is 11.4 Å². The maximum Gasteiger partial charge on any atom is 0.310 e. The molecule has 0 saturated heterocycles. The van der Waals surface area contributed by atoms with Gasteiger partial charge in [0.2, 0.25) is 0 Å². The van der Waals surface area contributed by atoms with Crippen LogP contribution in [-0.2, 0) is 9.53 Å². The van der Waals surface area contributed by atoms with Crippen LogP contribution in [0.2, 0.25) is 0 Å². The van der Waals surface area contributed by atoms with Crippen LogP contribution in [0.25, 0.3) is 0 Å². The maximum atomic E-state index is 12.0. The Morgan fingerprint density at radius 1 is 1.29 bits per heavy atom. The van der Waals surface area contributed by atoms with Crippen LogP contribution in [0.15, 0.2) is 0 Å². The lowest BCUT2D eigenvalue weighted by Crippen LogP contribution is -2.48. The van der Waals surface area contributed by atoms with Crippen LogP contribution in [0.4, 0.5) is 0 Å². The van der Waals surface area contributed by atoms with Crippen molar-refractivity contribution in [2.75, 3.05) is 26.8 Å². The molecule has 2 aliphatic carbocycles. The van der Waals surface area contributed by atoms with Gasteiger partial charge in [-0.25, -0.2) is 0 Å². The molecule has 0 amide bonds. The lowest BCUT2D eigenvalue weighted by atomic mass is 9.79. The van der Waals surface area contributed by atoms with Gasteiger partial charge >= 0.3 is 5.97 Å². The highest BCUT2D eigenvalue weighted by molar-refractivity contribution is 5.75. The van der Waals surface area contributed by atoms with Crippen LogP contribution in [0, 0.1) is 11.3 Å². The third-order valence-electron chi connectivity index (χ3n) is 5.48. The van der Waals surface area contributed by atoms with Gasteiger partial charge in [-0.3, -0.25) is 9.69 Å². The first kappa shape index (κ1) is 16.8. The van der Waals surface area contributed by atoms with E-state index in [0.29, 0.717) is 19.2 Å². The summed E-state index contributed by atoms with van der Waals surface area (Å²) < 4.78 is 5.24. The third-order valence-corrected chi connectivity index (χ3v) is 5.48. The molecule has 4 nitrogen and oxygen atoms in total. The van der Waals surface area contributed by atoms with Crippen molar-refractivity contribution in [3.05, 3.63) is 0 Å². The van der Waals surface area contributed by atoms with E-state index in [1.165, 1.54) is 25.7 Å². The smallest absolute Gasteiger partial charge is 0.310 e. The van der Waals surface area contributed by atoms with Crippen LogP contribution in [0.5, 0.6) is 0 Å². The molecule has 0 aromatic heterocycles. The Kier molecular flexibility index (Phi) is 6.06. The van der Waals surface area contributed by atoms with Gasteiger partial charge in [0.25, 0.3) is 0 Å². The molecule has 2 aliphatic rings. The number of carboxylic acids is 1. The van der Waals surface area contributed by atoms with Crippen LogP contribution >= 0.6 is 0 Å². The number of aliphatic carboxylic acids is 1. The molecular formula is C17H31NO3. The highest BCUT2D eigenvalue weighted by atomic mass is 16.5. The van der Waals surface area contributed by atoms with Crippen molar-refractivity contribution >= 4 is 5.97 Å². The van der Waals surface area contributed by atoms with E-state index >= 15 is 0 Å². The average Bonchev–Trinajstić information content (AvgIpc) is 3.29. The van der Waals surface area contributed by atoms with E-state index in [1.807, 2.05) is 0 Å². The highest BCUT2D eigenvalue weighted by Gasteiger charge is 2.42. The lowest BCUT2D eigenvalue weighted by Gasteiger charge is -2.38. The second-order valence-electron chi connectivity index (χ2n) is 7.04. The van der Waals surface area contributed by atoms with Gasteiger partial charge in [0, 0.05) is 26.2 Å². The van der Waals surface area contributed by atoms with Gasteiger partial charge in [0.15, 0.2) is 0 Å². The molecule has 2 saturated carbocycles. The predicted octanol–water partition coefficient (Wildman–Crippen LogP) is 3.16. The van der Waals surface area contributed by atoms with E-state index in [9.17, 15) is 9.90 Å². The summed E-state index contributed by atoms with van der Waals surface area (Å²) in [5, 5.41) is 9.87. The molecule has 2 fully saturated rings. The summed E-state index contributed by atoms with van der Waals surface area (Å²) >= 11 is 0. The van der Waals surface area contributed by atoms with Crippen molar-refractivity contribution in [3.63, 3.8) is 0 Å². The zero-order chi connectivity index (χ0) is 15.3. The van der Waals surface area contributed by atoms with E-state index in [-0.39, 0.29) is 0 Å². The van der Waals surface area contributed by atoms with E-state index in [2.05, 4.69) is 11.8 Å². The molecule has 2 rings (SSSR count). The van der Waals surface area contributed by atoms with E-state index in [0.717, 1.165) is 38.1 Å². The quantitative estimate of drug-likeness (QED) is 0.699. The normalized spacial score (nSPS) is 23.8. The standard InChI is InChI=1S/C17H31NO3/c1-14(15-7-8-15)18(11-12-21-2)13-17(16(19)20)9-5-3-4-6-10-17/h14-15H,3-13H2,1-2H3,(H,19,20). The van der Waals surface area contributed by atoms with Gasteiger partial charge in [-0.2, -0.15) is 0 Å². The molecule has 1 atom stereocenters. The van der Waals surface area contributed by atoms with E-state index in [1.54, 1.807) is 7.11 Å². The Labute approximate surface area is 128 Å². The van der Waals surface area contributed by atoms with Crippen LogP contribution in [-0.4, -0.2) is 48.8 Å². The fourth-order valence-electron chi connectivity index (χ4n) is 3.75. The van der Waals surface area contributed by atoms with Crippen LogP contribution < -0.4 is 0 Å². The Morgan fingerprint density at radius 3 is 2.38 bits per heavy atom. The largest absolute Gasteiger partial charge is 0.481 e. The summed E-state index contributed by atoms with van der Waals surface area (Å²) in [5.41, 5.74) is -0.534. The zero-order valence-electron chi connectivity index (χ0n) is 13.6. The Bertz CT molecular complexity index is 333. The molecule has 0 radical (unpaired) electrons. The SMILES string of the molecule is COCCN(CC1(C(=O)O)CCCCCC1)C(C)C1CC1. The molecule has 0 bridgehead atoms. The van der Waals surface area contributed by atoms with E-state index in [4.69, 9.17) is 4.74 Å². The predicted molar refractivity (Wildman–Crippen MR) is 83.4 cm³/mol. The van der Waals surface area contributed by atoms with Gasteiger partial charge in [-0.15, -0.1) is 0 Å². The molecule has 1 unspecified atom stereocenters. The molecule has 0 aliphatic heterocycles. The van der Waals surface area contributed by atoms with Crippen molar-refractivity contribution < 1.29 is 14.6 Å². The van der Waals surface area contributed by atoms with Crippen molar-refractivity contribution in [3.8, 4) is 0 Å². The highest BCUT2D eigenvalue weighted by Crippen LogP contribution is 2.40. The first-order valence-electron chi connectivity index (χ1n) is 8.55. The molecule has 0 spiro atoms. The minimum Gasteiger partial charge on any atom is -0.481 e. The summed E-state index contributed by atoms with van der Waals surface area (Å²) in [6.07, 6.45) is 8.75. The minimum absolute atomic E-state index is 0.486. The number of methoxy groups -OCH3 is 1. The minimum atomic E-state index is -0.588. The van der Waals surface area contributed by atoms with Crippen LogP contribution in [0.3, 0.4) is 0 Å². The molecule has 4 heteroatoms. The molecule has 21 heavy (non-hydrogen) atoms. The number of carboxylic acid groups (broad SMARTS) is 1. The lowest BCUT2D eigenvalue weighted by molar-refractivity contribution is -0.152. The fraction of sp³-hybridized carbons (Fsp3) is 0.941. The monoisotopic (exact) mass is 297 g/mol. The number of hydrogen-bond acceptors (Lipinski definition) is 3. The Hall–Kier alpha value is -0.610. The second-order valence-corrected chi connectivity index (χ2v) is 7.04. The number of nitrogens with zero attached hydrogens (tertiary/aromatic N) is 1. The Morgan fingerprint density at radius 2 is 1.90 bits per heavy atom. The summed E-state index contributed by atoms with van der Waals surface area (Å²) in [6, 6.07) is 0.486. The van der Waals surface area contributed by atoms with Gasteiger partial charge in [0.05, 0.1) is 12.0 Å². The molecule has 0 aromatic carbocycles. The van der Waals surface area contributed by atoms with Gasteiger partial charge in [0.1, 0.15) is 0 Å². The average molecular weight is 297 g/mol. The second kappa shape index (κ2) is 7.59. The first-order valence-corrected chi connectivity index (χ1v) is 8.55. The van der Waals surface area contributed by atoms with Crippen molar-refractivity contribution in [2.24, 2.45) is 11.3 Å². The van der Waals surface area contributed by atoms with Crippen LogP contribution in [0.1, 0.15) is 58.3 Å². The number of ether oxygens (including phenoxy) is 1. The Balaban J connectivity index is 2.07. The fourth-order valence-corrected chi connectivity index (χ4v) is 3.75. The topological polar surface area (TPSA) is 49.8 Å². The molecular weight excluding hydrogens is 266 g/mol. The molecule has 0 heterocycles. The first-order chi connectivity index (χ1) is 10.1.